The summed E-state index contributed by atoms with van der Waals surface area (Å²) in [5.74, 6) is -1.26. The van der Waals surface area contributed by atoms with Crippen LogP contribution in [-0.2, 0) is 9.59 Å². The predicted molar refractivity (Wildman–Crippen MR) is 64.7 cm³/mol. The van der Waals surface area contributed by atoms with Crippen LogP contribution in [0.3, 0.4) is 0 Å². The van der Waals surface area contributed by atoms with E-state index in [9.17, 15) is 14.7 Å². The van der Waals surface area contributed by atoms with E-state index >= 15 is 0 Å². The van der Waals surface area contributed by atoms with Crippen molar-refractivity contribution in [2.45, 2.75) is 32.4 Å². The largest absolute Gasteiger partial charge is 0.480 e. The third-order valence-electron chi connectivity index (χ3n) is 3.37. The number of carbonyl (C=O) groups excluding carboxylic acids is 1. The molecule has 2 unspecified atom stereocenters. The Hall–Kier alpha value is -1.36. The molecular weight excluding hydrogens is 220 g/mol. The second-order valence-electron chi connectivity index (χ2n) is 4.34. The topological polar surface area (TPSA) is 60.9 Å². The van der Waals surface area contributed by atoms with E-state index in [1.807, 2.05) is 0 Å². The fourth-order valence-electron chi connectivity index (χ4n) is 2.05. The molecule has 0 bridgehead atoms. The molecule has 1 N–H and O–H groups in total. The molecule has 1 heterocycles. The van der Waals surface area contributed by atoms with Crippen molar-refractivity contribution in [3.63, 3.8) is 0 Å². The number of hydrogen-bond acceptors (Lipinski definition) is 3. The maximum atomic E-state index is 11.6. The van der Waals surface area contributed by atoms with Crippen LogP contribution in [0.2, 0.25) is 0 Å². The zero-order valence-corrected chi connectivity index (χ0v) is 10.4. The van der Waals surface area contributed by atoms with Gasteiger partial charge < -0.3 is 10.0 Å². The first-order valence-electron chi connectivity index (χ1n) is 5.91. The quantitative estimate of drug-likeness (QED) is 0.730. The first kappa shape index (κ1) is 13.7. The van der Waals surface area contributed by atoms with Crippen molar-refractivity contribution in [3.8, 4) is 0 Å². The Kier molecular flexibility index (Phi) is 4.69. The number of piperazine rings is 1. The van der Waals surface area contributed by atoms with Crippen LogP contribution >= 0.6 is 0 Å². The minimum absolute atomic E-state index is 0.304. The normalized spacial score (nSPS) is 23.2. The van der Waals surface area contributed by atoms with Gasteiger partial charge >= 0.3 is 5.97 Å². The number of hydrogen-bond donors (Lipinski definition) is 1. The molecule has 1 aliphatic rings. The number of nitrogens with zero attached hydrogens (tertiary/aromatic N) is 2. The van der Waals surface area contributed by atoms with Crippen LogP contribution in [0.5, 0.6) is 0 Å². The molecular formula is C12H20N2O3. The molecule has 17 heavy (non-hydrogen) atoms. The molecule has 0 aromatic carbocycles. The first-order valence-corrected chi connectivity index (χ1v) is 5.91. The molecule has 0 saturated carbocycles. The third-order valence-corrected chi connectivity index (χ3v) is 3.37. The van der Waals surface area contributed by atoms with Gasteiger partial charge in [0.1, 0.15) is 6.04 Å². The Balaban J connectivity index is 2.77. The van der Waals surface area contributed by atoms with Crippen molar-refractivity contribution in [1.29, 1.82) is 0 Å². The molecule has 0 spiro atoms. The van der Waals surface area contributed by atoms with Crippen molar-refractivity contribution in [1.82, 2.24) is 9.80 Å². The zero-order valence-electron chi connectivity index (χ0n) is 10.4. The van der Waals surface area contributed by atoms with E-state index < -0.39 is 12.0 Å². The van der Waals surface area contributed by atoms with Crippen LogP contribution in [0.15, 0.2) is 12.7 Å². The van der Waals surface area contributed by atoms with Crippen LogP contribution in [0.25, 0.3) is 0 Å². The highest BCUT2D eigenvalue weighted by atomic mass is 16.4. The van der Waals surface area contributed by atoms with Gasteiger partial charge in [-0.25, -0.2) is 4.79 Å². The van der Waals surface area contributed by atoms with E-state index in [1.54, 1.807) is 0 Å². The fraction of sp³-hybridized carbons (Fsp3) is 0.667. The van der Waals surface area contributed by atoms with Gasteiger partial charge in [0.2, 0.25) is 5.91 Å². The van der Waals surface area contributed by atoms with Crippen LogP contribution < -0.4 is 0 Å². The maximum absolute atomic E-state index is 11.6. The lowest BCUT2D eigenvalue weighted by Crippen LogP contribution is -2.59. The van der Waals surface area contributed by atoms with Gasteiger partial charge in [-0.1, -0.05) is 13.5 Å². The average molecular weight is 240 g/mol. The monoisotopic (exact) mass is 240 g/mol. The summed E-state index contributed by atoms with van der Waals surface area (Å²) in [5.41, 5.74) is 0. The molecule has 1 fully saturated rings. The summed E-state index contributed by atoms with van der Waals surface area (Å²) in [4.78, 5) is 26.2. The van der Waals surface area contributed by atoms with Crippen molar-refractivity contribution < 1.29 is 14.7 Å². The van der Waals surface area contributed by atoms with Gasteiger partial charge in [-0.15, -0.1) is 0 Å². The van der Waals surface area contributed by atoms with Crippen molar-refractivity contribution in [2.24, 2.45) is 0 Å². The molecule has 1 amide bonds. The van der Waals surface area contributed by atoms with Crippen LogP contribution in [-0.4, -0.2) is 58.5 Å². The molecule has 5 nitrogen and oxygen atoms in total. The molecule has 1 saturated heterocycles. The Morgan fingerprint density at radius 1 is 1.53 bits per heavy atom. The van der Waals surface area contributed by atoms with Crippen LogP contribution in [0.1, 0.15) is 20.3 Å². The van der Waals surface area contributed by atoms with Crippen molar-refractivity contribution in [2.75, 3.05) is 19.6 Å². The minimum Gasteiger partial charge on any atom is -0.480 e. The summed E-state index contributed by atoms with van der Waals surface area (Å²) in [6.07, 6.45) is 2.15. The number of rotatable bonds is 4. The zero-order chi connectivity index (χ0) is 13.0. The van der Waals surface area contributed by atoms with E-state index in [0.29, 0.717) is 19.1 Å². The molecule has 2 atom stereocenters. The van der Waals surface area contributed by atoms with Crippen molar-refractivity contribution >= 4 is 11.9 Å². The van der Waals surface area contributed by atoms with Crippen LogP contribution in [0.4, 0.5) is 0 Å². The van der Waals surface area contributed by atoms with Crippen molar-refractivity contribution in [3.05, 3.63) is 12.7 Å². The molecule has 1 rings (SSSR count). The first-order chi connectivity index (χ1) is 8.01. The summed E-state index contributed by atoms with van der Waals surface area (Å²) in [6, 6.07) is -0.416. The molecule has 1 aliphatic heterocycles. The molecule has 0 aromatic rings. The fourth-order valence-corrected chi connectivity index (χ4v) is 2.05. The van der Waals surface area contributed by atoms with E-state index in [2.05, 4.69) is 25.3 Å². The van der Waals surface area contributed by atoms with E-state index in [-0.39, 0.29) is 5.91 Å². The van der Waals surface area contributed by atoms with Gasteiger partial charge in [0.15, 0.2) is 0 Å². The van der Waals surface area contributed by atoms with E-state index in [0.717, 1.165) is 13.0 Å². The lowest BCUT2D eigenvalue weighted by Gasteiger charge is -2.41. The maximum Gasteiger partial charge on any atom is 0.327 e. The van der Waals surface area contributed by atoms with Gasteiger partial charge in [-0.2, -0.15) is 0 Å². The molecule has 0 aromatic heterocycles. The highest BCUT2D eigenvalue weighted by Crippen LogP contribution is 2.15. The molecule has 0 radical (unpaired) electrons. The second-order valence-corrected chi connectivity index (χ2v) is 4.34. The van der Waals surface area contributed by atoms with Gasteiger partial charge in [-0.05, 0) is 19.4 Å². The lowest BCUT2D eigenvalue weighted by atomic mass is 10.1. The number of carbonyl (C=O) groups is 2. The second kappa shape index (κ2) is 5.82. The third kappa shape index (κ3) is 3.06. The highest BCUT2D eigenvalue weighted by molar-refractivity contribution is 5.91. The number of carboxylic acids is 1. The summed E-state index contributed by atoms with van der Waals surface area (Å²) >= 11 is 0. The predicted octanol–water partition coefficient (Wildman–Crippen LogP) is 0.568. The average Bonchev–Trinajstić information content (AvgIpc) is 2.35. The number of aliphatic carboxylic acids is 1. The number of carboxylic acid groups (broad SMARTS) is 1. The highest BCUT2D eigenvalue weighted by Gasteiger charge is 2.35. The van der Waals surface area contributed by atoms with E-state index in [1.165, 1.54) is 11.0 Å². The molecule has 0 aliphatic carbocycles. The Morgan fingerprint density at radius 3 is 2.65 bits per heavy atom. The SMILES string of the molecule is C=CC(=O)N1CCN(C(C)CC)CC1C(=O)O. The standard InChI is InChI=1S/C12H20N2O3/c1-4-9(3)13-6-7-14(11(15)5-2)10(8-13)12(16)17/h5,9-10H,2,4,6-8H2,1,3H3,(H,16,17). The lowest BCUT2D eigenvalue weighted by molar-refractivity contribution is -0.152. The molecule has 5 heteroatoms. The summed E-state index contributed by atoms with van der Waals surface area (Å²) < 4.78 is 0. The van der Waals surface area contributed by atoms with Gasteiger partial charge in [0.05, 0.1) is 0 Å². The van der Waals surface area contributed by atoms with Gasteiger partial charge in [0.25, 0.3) is 0 Å². The van der Waals surface area contributed by atoms with Gasteiger partial charge in [0, 0.05) is 25.7 Å². The van der Waals surface area contributed by atoms with E-state index in [4.69, 9.17) is 0 Å². The Bertz CT molecular complexity index is 317. The minimum atomic E-state index is -0.951. The smallest absolute Gasteiger partial charge is 0.327 e. The molecule has 96 valence electrons. The van der Waals surface area contributed by atoms with Crippen LogP contribution in [0, 0.1) is 0 Å². The Morgan fingerprint density at radius 2 is 2.18 bits per heavy atom. The summed E-state index contributed by atoms with van der Waals surface area (Å²) in [5, 5.41) is 9.17. The summed E-state index contributed by atoms with van der Waals surface area (Å²) in [6.45, 7) is 9.11. The number of amides is 1. The van der Waals surface area contributed by atoms with Gasteiger partial charge in [-0.3, -0.25) is 9.69 Å². The Labute approximate surface area is 102 Å². The summed E-state index contributed by atoms with van der Waals surface area (Å²) in [7, 11) is 0.